The van der Waals surface area contributed by atoms with E-state index in [1.807, 2.05) is 18.3 Å². The molecule has 0 saturated heterocycles. The number of pyridine rings is 1. The summed E-state index contributed by atoms with van der Waals surface area (Å²) in [5.74, 6) is -1.18. The zero-order valence-corrected chi connectivity index (χ0v) is 21.5. The molecule has 0 saturated carbocycles. The maximum Gasteiger partial charge on any atom is 0.261 e. The molecular formula is C26H24FN5O5S. The summed E-state index contributed by atoms with van der Waals surface area (Å²) in [5, 5.41) is 2.40. The molecule has 1 unspecified atom stereocenters. The Morgan fingerprint density at radius 1 is 1.13 bits per heavy atom. The highest BCUT2D eigenvalue weighted by Crippen LogP contribution is 2.41. The Balaban J connectivity index is 0.000000540. The summed E-state index contributed by atoms with van der Waals surface area (Å²) in [7, 11) is -3.67. The molecule has 2 aromatic heterocycles. The number of halogens is 1. The molecular weight excluding hydrogens is 513 g/mol. The first-order chi connectivity index (χ1) is 18.0. The molecule has 1 aromatic carbocycles. The Morgan fingerprint density at radius 2 is 1.84 bits per heavy atom. The van der Waals surface area contributed by atoms with Crippen LogP contribution < -0.4 is 10.2 Å². The average molecular weight is 538 g/mol. The molecule has 0 spiro atoms. The van der Waals surface area contributed by atoms with E-state index in [9.17, 15) is 22.4 Å². The maximum atomic E-state index is 14.3. The highest BCUT2D eigenvalue weighted by molar-refractivity contribution is 7.85. The van der Waals surface area contributed by atoms with Gasteiger partial charge in [-0.1, -0.05) is 32.0 Å². The summed E-state index contributed by atoms with van der Waals surface area (Å²) < 4.78 is 41.6. The molecule has 2 N–H and O–H groups in total. The van der Waals surface area contributed by atoms with Crippen molar-refractivity contribution in [3.05, 3.63) is 83.3 Å². The molecule has 2 amide bonds. The number of amides is 2. The molecule has 3 aliphatic rings. The van der Waals surface area contributed by atoms with Crippen molar-refractivity contribution in [2.75, 3.05) is 11.2 Å². The van der Waals surface area contributed by atoms with Crippen molar-refractivity contribution in [1.29, 1.82) is 0 Å². The van der Waals surface area contributed by atoms with Crippen LogP contribution >= 0.6 is 0 Å². The van der Waals surface area contributed by atoms with E-state index >= 15 is 0 Å². The minimum absolute atomic E-state index is 0.0840. The van der Waals surface area contributed by atoms with Gasteiger partial charge in [0.05, 0.1) is 40.7 Å². The number of benzene rings is 1. The van der Waals surface area contributed by atoms with Crippen LogP contribution in [0.25, 0.3) is 11.2 Å². The zero-order valence-electron chi connectivity index (χ0n) is 20.7. The first-order valence-corrected chi connectivity index (χ1v) is 13.6. The van der Waals surface area contributed by atoms with Crippen LogP contribution in [0.3, 0.4) is 0 Å². The molecule has 196 valence electrons. The summed E-state index contributed by atoms with van der Waals surface area (Å²) >= 11 is 0. The van der Waals surface area contributed by atoms with E-state index < -0.39 is 27.7 Å². The third-order valence-corrected chi connectivity index (χ3v) is 6.53. The van der Waals surface area contributed by atoms with Crippen molar-refractivity contribution in [2.45, 2.75) is 26.3 Å². The van der Waals surface area contributed by atoms with E-state index in [2.05, 4.69) is 40.1 Å². The molecule has 10 nitrogen and oxygen atoms in total. The SMILES string of the molecule is CC(C)C1Cc2cccc3c2N1C=CN=C3C1=C(c2cnc3c(F)cccn23)C(=O)NC1=O.CS(=O)(=O)O. The van der Waals surface area contributed by atoms with Crippen LogP contribution in [0.1, 0.15) is 30.7 Å². The van der Waals surface area contributed by atoms with E-state index in [-0.39, 0.29) is 22.8 Å². The number of imide groups is 1. The van der Waals surface area contributed by atoms with Gasteiger partial charge in [0.2, 0.25) is 0 Å². The standard InChI is InChI=1S/C25H20FN5O2.CH4O3S/c1-13(2)17-11-14-5-3-6-15-21(27-8-10-30(17)22(14)15)20-19(24(32)29-25(20)33)18-12-28-23-16(26)7-4-9-31(18)23;1-5(2,3)4/h3-10,12-13,17H,11H2,1-2H3,(H,29,32,33);1H3,(H,2,3,4). The van der Waals surface area contributed by atoms with Gasteiger partial charge in [0.1, 0.15) is 0 Å². The summed E-state index contributed by atoms with van der Waals surface area (Å²) in [4.78, 5) is 37.0. The summed E-state index contributed by atoms with van der Waals surface area (Å²) in [6.45, 7) is 4.37. The van der Waals surface area contributed by atoms with Crippen molar-refractivity contribution < 1.29 is 27.0 Å². The fraction of sp³-hybridized carbons (Fsp3) is 0.231. The van der Waals surface area contributed by atoms with Crippen molar-refractivity contribution >= 4 is 44.6 Å². The number of aromatic nitrogens is 2. The van der Waals surface area contributed by atoms with E-state index in [1.54, 1.807) is 12.4 Å². The molecule has 12 heteroatoms. The second kappa shape index (κ2) is 9.30. The lowest BCUT2D eigenvalue weighted by Crippen LogP contribution is -2.32. The Bertz CT molecular complexity index is 1700. The topological polar surface area (TPSA) is 133 Å². The van der Waals surface area contributed by atoms with E-state index in [4.69, 9.17) is 4.55 Å². The van der Waals surface area contributed by atoms with Crippen molar-refractivity contribution in [3.8, 4) is 0 Å². The molecule has 0 fully saturated rings. The molecule has 6 rings (SSSR count). The molecule has 3 aromatic rings. The summed E-state index contributed by atoms with van der Waals surface area (Å²) in [6.07, 6.45) is 8.25. The van der Waals surface area contributed by atoms with Crippen molar-refractivity contribution in [3.63, 3.8) is 0 Å². The van der Waals surface area contributed by atoms with E-state index in [0.717, 1.165) is 17.7 Å². The zero-order chi connectivity index (χ0) is 27.4. The number of hydrogen-bond acceptors (Lipinski definition) is 7. The van der Waals surface area contributed by atoms with Crippen LogP contribution in [0, 0.1) is 11.7 Å². The maximum absolute atomic E-state index is 14.3. The summed E-state index contributed by atoms with van der Waals surface area (Å²) in [5.41, 5.74) is 4.11. The Hall–Kier alpha value is -4.16. The molecule has 3 aliphatic heterocycles. The Kier molecular flexibility index (Phi) is 6.24. The Morgan fingerprint density at radius 3 is 2.55 bits per heavy atom. The lowest BCUT2D eigenvalue weighted by Gasteiger charge is -2.27. The predicted molar refractivity (Wildman–Crippen MR) is 140 cm³/mol. The number of carbonyl (C=O) groups is 2. The van der Waals surface area contributed by atoms with Crippen LogP contribution in [0.15, 0.2) is 65.7 Å². The van der Waals surface area contributed by atoms with Crippen molar-refractivity contribution in [2.24, 2.45) is 10.9 Å². The van der Waals surface area contributed by atoms with Gasteiger partial charge in [-0.25, -0.2) is 9.37 Å². The minimum Gasteiger partial charge on any atom is -0.342 e. The lowest BCUT2D eigenvalue weighted by molar-refractivity contribution is -0.123. The van der Waals surface area contributed by atoms with Crippen LogP contribution in [-0.2, 0) is 26.1 Å². The fourth-order valence-electron chi connectivity index (χ4n) is 5.02. The smallest absolute Gasteiger partial charge is 0.261 e. The number of carbonyl (C=O) groups excluding carboxylic acids is 2. The van der Waals surface area contributed by atoms with Gasteiger partial charge in [-0.3, -0.25) is 28.9 Å². The number of rotatable bonds is 3. The van der Waals surface area contributed by atoms with Gasteiger partial charge in [-0.2, -0.15) is 8.42 Å². The van der Waals surface area contributed by atoms with Crippen LogP contribution in [-0.4, -0.2) is 52.2 Å². The highest BCUT2D eigenvalue weighted by atomic mass is 32.2. The molecule has 0 aliphatic carbocycles. The molecule has 1 atom stereocenters. The molecule has 0 bridgehead atoms. The van der Waals surface area contributed by atoms with Gasteiger partial charge in [0, 0.05) is 30.2 Å². The largest absolute Gasteiger partial charge is 0.342 e. The number of imidazole rings is 1. The number of para-hydroxylation sites is 1. The first kappa shape index (κ1) is 25.5. The minimum atomic E-state index is -3.67. The number of nitrogens with zero attached hydrogens (tertiary/aromatic N) is 4. The van der Waals surface area contributed by atoms with Gasteiger partial charge in [-0.15, -0.1) is 0 Å². The van der Waals surface area contributed by atoms with E-state index in [0.29, 0.717) is 23.6 Å². The normalized spacial score (nSPS) is 18.4. The Labute approximate surface area is 218 Å². The molecule has 5 heterocycles. The van der Waals surface area contributed by atoms with Gasteiger partial charge >= 0.3 is 0 Å². The van der Waals surface area contributed by atoms with Gasteiger partial charge in [0.15, 0.2) is 11.5 Å². The number of fused-ring (bicyclic) bond motifs is 1. The average Bonchev–Trinajstić information content (AvgIpc) is 3.45. The monoisotopic (exact) mass is 537 g/mol. The number of anilines is 1. The molecule has 38 heavy (non-hydrogen) atoms. The van der Waals surface area contributed by atoms with Crippen LogP contribution in [0.4, 0.5) is 10.1 Å². The van der Waals surface area contributed by atoms with Crippen molar-refractivity contribution in [1.82, 2.24) is 14.7 Å². The van der Waals surface area contributed by atoms with Gasteiger partial charge < -0.3 is 4.90 Å². The van der Waals surface area contributed by atoms with E-state index in [1.165, 1.54) is 28.3 Å². The quantitative estimate of drug-likeness (QED) is 0.388. The third-order valence-electron chi connectivity index (χ3n) is 6.53. The second-order valence-electron chi connectivity index (χ2n) is 9.47. The molecule has 0 radical (unpaired) electrons. The number of nitrogens with one attached hydrogen (secondary N) is 1. The number of hydrogen-bond donors (Lipinski definition) is 2. The summed E-state index contributed by atoms with van der Waals surface area (Å²) in [6, 6.07) is 9.08. The van der Waals surface area contributed by atoms with Gasteiger partial charge in [-0.05, 0) is 30.0 Å². The first-order valence-electron chi connectivity index (χ1n) is 11.8. The fourth-order valence-corrected chi connectivity index (χ4v) is 5.02. The second-order valence-corrected chi connectivity index (χ2v) is 10.9. The van der Waals surface area contributed by atoms with Crippen LogP contribution in [0.2, 0.25) is 0 Å². The van der Waals surface area contributed by atoms with Crippen LogP contribution in [0.5, 0.6) is 0 Å². The highest BCUT2D eigenvalue weighted by Gasteiger charge is 2.40. The number of aliphatic imine (C=N–C) groups is 1. The predicted octanol–water partition coefficient (Wildman–Crippen LogP) is 2.75. The third kappa shape index (κ3) is 4.41. The lowest BCUT2D eigenvalue weighted by atomic mass is 9.94. The van der Waals surface area contributed by atoms with Gasteiger partial charge in [0.25, 0.3) is 21.9 Å².